The molecule has 0 saturated carbocycles. The lowest BCUT2D eigenvalue weighted by atomic mass is 9.99. The van der Waals surface area contributed by atoms with E-state index in [1.807, 2.05) is 36.4 Å². The van der Waals surface area contributed by atoms with Crippen LogP contribution in [0, 0.1) is 0 Å². The third-order valence-corrected chi connectivity index (χ3v) is 10.8. The highest BCUT2D eigenvalue weighted by Crippen LogP contribution is 2.47. The molecule has 0 amide bonds. The second-order valence-electron chi connectivity index (χ2n) is 13.9. The predicted octanol–water partition coefficient (Wildman–Crippen LogP) is 14.0. The normalized spacial score (nSPS) is 11.6. The molecule has 11 rings (SSSR count). The van der Waals surface area contributed by atoms with E-state index in [0.717, 1.165) is 50.5 Å². The van der Waals surface area contributed by atoms with Crippen molar-refractivity contribution < 1.29 is 4.42 Å². The number of hydrogen-bond acceptors (Lipinski definition) is 3. The Morgan fingerprint density at radius 3 is 1.93 bits per heavy atom. The molecule has 0 bridgehead atoms. The van der Waals surface area contributed by atoms with Gasteiger partial charge in [-0.15, -0.1) is 0 Å². The van der Waals surface area contributed by atoms with E-state index in [0.29, 0.717) is 5.89 Å². The summed E-state index contributed by atoms with van der Waals surface area (Å²) in [5.41, 5.74) is 11.5. The SMILES string of the molecule is c1ccc(-c2nc3cccc(-c4ccc(N(c5cccc6ccccc56)c5cc6c7ccccc7n(-c7ccccc7)c6c6ccccc56)cc4)c3o2)cc1. The van der Waals surface area contributed by atoms with Gasteiger partial charge in [0.15, 0.2) is 5.58 Å². The maximum absolute atomic E-state index is 6.44. The Hall–Kier alpha value is -7.43. The van der Waals surface area contributed by atoms with Crippen LogP contribution in [0.3, 0.4) is 0 Å². The summed E-state index contributed by atoms with van der Waals surface area (Å²) in [6, 6.07) is 71.1. The van der Waals surface area contributed by atoms with Crippen molar-refractivity contribution in [1.82, 2.24) is 9.55 Å². The van der Waals surface area contributed by atoms with Crippen LogP contribution in [0.5, 0.6) is 0 Å². The maximum atomic E-state index is 6.44. The van der Waals surface area contributed by atoms with Crippen LogP contribution < -0.4 is 4.90 Å². The molecular weight excluding hydrogens is 671 g/mol. The Labute approximate surface area is 317 Å². The zero-order chi connectivity index (χ0) is 36.3. The molecule has 258 valence electrons. The average Bonchev–Trinajstić information content (AvgIpc) is 3.85. The van der Waals surface area contributed by atoms with Gasteiger partial charge >= 0.3 is 0 Å². The first-order valence-corrected chi connectivity index (χ1v) is 18.6. The highest BCUT2D eigenvalue weighted by Gasteiger charge is 2.23. The van der Waals surface area contributed by atoms with Crippen LogP contribution in [0.25, 0.3) is 82.7 Å². The minimum atomic E-state index is 0.623. The number of aromatic nitrogens is 2. The van der Waals surface area contributed by atoms with Crippen molar-refractivity contribution in [3.8, 4) is 28.3 Å². The molecule has 0 fully saturated rings. The van der Waals surface area contributed by atoms with Crippen molar-refractivity contribution in [2.75, 3.05) is 4.90 Å². The molecule has 11 aromatic rings. The van der Waals surface area contributed by atoms with Crippen LogP contribution in [0.15, 0.2) is 205 Å². The number of para-hydroxylation sites is 3. The number of anilines is 3. The quantitative estimate of drug-likeness (QED) is 0.173. The van der Waals surface area contributed by atoms with Gasteiger partial charge in [0.2, 0.25) is 5.89 Å². The summed E-state index contributed by atoms with van der Waals surface area (Å²) >= 11 is 0. The van der Waals surface area contributed by atoms with Crippen LogP contribution in [0.4, 0.5) is 17.1 Å². The molecule has 0 aliphatic rings. The number of fused-ring (bicyclic) bond motifs is 7. The molecule has 0 unspecified atom stereocenters. The molecule has 0 atom stereocenters. The van der Waals surface area contributed by atoms with E-state index < -0.39 is 0 Å². The lowest BCUT2D eigenvalue weighted by molar-refractivity contribution is 0.621. The maximum Gasteiger partial charge on any atom is 0.227 e. The minimum Gasteiger partial charge on any atom is -0.435 e. The molecule has 4 nitrogen and oxygen atoms in total. The van der Waals surface area contributed by atoms with Crippen molar-refractivity contribution in [3.05, 3.63) is 200 Å². The van der Waals surface area contributed by atoms with E-state index >= 15 is 0 Å². The number of benzene rings is 9. The van der Waals surface area contributed by atoms with Crippen LogP contribution in [0.1, 0.15) is 0 Å². The molecule has 4 heteroatoms. The largest absolute Gasteiger partial charge is 0.435 e. The molecule has 55 heavy (non-hydrogen) atoms. The fourth-order valence-corrected chi connectivity index (χ4v) is 8.32. The van der Waals surface area contributed by atoms with Gasteiger partial charge in [-0.2, -0.15) is 0 Å². The minimum absolute atomic E-state index is 0.623. The van der Waals surface area contributed by atoms with E-state index in [-0.39, 0.29) is 0 Å². The summed E-state index contributed by atoms with van der Waals surface area (Å²) in [5, 5.41) is 7.18. The predicted molar refractivity (Wildman–Crippen MR) is 229 cm³/mol. The summed E-state index contributed by atoms with van der Waals surface area (Å²) < 4.78 is 8.86. The molecule has 0 aliphatic carbocycles. The van der Waals surface area contributed by atoms with Gasteiger partial charge in [0, 0.05) is 49.4 Å². The number of hydrogen-bond donors (Lipinski definition) is 0. The van der Waals surface area contributed by atoms with Gasteiger partial charge in [0.05, 0.1) is 22.4 Å². The van der Waals surface area contributed by atoms with Crippen molar-refractivity contribution in [3.63, 3.8) is 0 Å². The summed E-state index contributed by atoms with van der Waals surface area (Å²) in [6.07, 6.45) is 0. The third-order valence-electron chi connectivity index (χ3n) is 10.8. The fourth-order valence-electron chi connectivity index (χ4n) is 8.32. The number of oxazole rings is 1. The van der Waals surface area contributed by atoms with Crippen LogP contribution in [-0.4, -0.2) is 9.55 Å². The van der Waals surface area contributed by atoms with E-state index in [9.17, 15) is 0 Å². The molecule has 2 heterocycles. The van der Waals surface area contributed by atoms with Gasteiger partial charge in [-0.3, -0.25) is 0 Å². The van der Waals surface area contributed by atoms with Gasteiger partial charge in [-0.25, -0.2) is 4.98 Å². The van der Waals surface area contributed by atoms with Gasteiger partial charge in [-0.05, 0) is 71.6 Å². The average molecular weight is 704 g/mol. The molecule has 2 aromatic heterocycles. The number of rotatable bonds is 6. The lowest BCUT2D eigenvalue weighted by Gasteiger charge is -2.29. The first-order chi connectivity index (χ1) is 27.3. The summed E-state index contributed by atoms with van der Waals surface area (Å²) in [5.74, 6) is 0.623. The Balaban J connectivity index is 1.15. The summed E-state index contributed by atoms with van der Waals surface area (Å²) in [7, 11) is 0. The highest BCUT2D eigenvalue weighted by atomic mass is 16.3. The summed E-state index contributed by atoms with van der Waals surface area (Å²) in [4.78, 5) is 7.28. The highest BCUT2D eigenvalue weighted by molar-refractivity contribution is 6.23. The standard InChI is InChI=1S/C51H33N3O/c1-3-16-36(17-4-1)51-52-45-26-14-25-40(50(45)55-51)35-29-31-38(32-30-35)53(46-28-13-18-34-15-7-8-21-39(34)46)48-33-44-42-23-11-12-27-47(42)54(37-19-5-2-6-20-37)49(44)43-24-10-9-22-41(43)48/h1-33H. The monoisotopic (exact) mass is 703 g/mol. The zero-order valence-electron chi connectivity index (χ0n) is 29.8. The van der Waals surface area contributed by atoms with Crippen molar-refractivity contribution in [1.29, 1.82) is 0 Å². The number of nitrogens with zero attached hydrogens (tertiary/aromatic N) is 3. The molecule has 0 N–H and O–H groups in total. The summed E-state index contributed by atoms with van der Waals surface area (Å²) in [6.45, 7) is 0. The smallest absolute Gasteiger partial charge is 0.227 e. The van der Waals surface area contributed by atoms with Gasteiger partial charge in [0.25, 0.3) is 0 Å². The topological polar surface area (TPSA) is 34.2 Å². The molecule has 9 aromatic carbocycles. The van der Waals surface area contributed by atoms with Crippen molar-refractivity contribution in [2.45, 2.75) is 0 Å². The zero-order valence-corrected chi connectivity index (χ0v) is 29.8. The Bertz CT molecular complexity index is 3190. The molecule has 0 aliphatic heterocycles. The molecule has 0 saturated heterocycles. The van der Waals surface area contributed by atoms with E-state index in [1.165, 1.54) is 43.4 Å². The fraction of sp³-hybridized carbons (Fsp3) is 0. The first kappa shape index (κ1) is 31.1. The van der Waals surface area contributed by atoms with E-state index in [4.69, 9.17) is 9.40 Å². The van der Waals surface area contributed by atoms with Gasteiger partial charge in [0.1, 0.15) is 5.52 Å². The Morgan fingerprint density at radius 1 is 0.455 bits per heavy atom. The Kier molecular flexibility index (Phi) is 7.14. The van der Waals surface area contributed by atoms with Crippen LogP contribution in [0.2, 0.25) is 0 Å². The van der Waals surface area contributed by atoms with Crippen LogP contribution >= 0.6 is 0 Å². The second-order valence-corrected chi connectivity index (χ2v) is 13.9. The first-order valence-electron chi connectivity index (χ1n) is 18.6. The van der Waals surface area contributed by atoms with Gasteiger partial charge < -0.3 is 13.9 Å². The second kappa shape index (κ2) is 12.6. The third kappa shape index (κ3) is 5.03. The van der Waals surface area contributed by atoms with E-state index in [1.54, 1.807) is 0 Å². The molecular formula is C51H33N3O. The molecule has 0 radical (unpaired) electrons. The lowest BCUT2D eigenvalue weighted by Crippen LogP contribution is -2.11. The Morgan fingerprint density at radius 2 is 1.11 bits per heavy atom. The van der Waals surface area contributed by atoms with E-state index in [2.05, 4.69) is 173 Å². The van der Waals surface area contributed by atoms with Crippen molar-refractivity contribution >= 4 is 71.5 Å². The van der Waals surface area contributed by atoms with Gasteiger partial charge in [-0.1, -0.05) is 140 Å². The van der Waals surface area contributed by atoms with Crippen molar-refractivity contribution in [2.24, 2.45) is 0 Å². The van der Waals surface area contributed by atoms with Crippen LogP contribution in [-0.2, 0) is 0 Å². The molecule has 0 spiro atoms.